The summed E-state index contributed by atoms with van der Waals surface area (Å²) in [4.78, 5) is 21.4. The molecule has 0 spiro atoms. The molecule has 0 amide bonds. The maximum Gasteiger partial charge on any atom is 0.330 e. The van der Waals surface area contributed by atoms with E-state index in [1.54, 1.807) is 19.1 Å². The van der Waals surface area contributed by atoms with Crippen molar-refractivity contribution >= 4 is 24.1 Å². The molecule has 0 aromatic heterocycles. The van der Waals surface area contributed by atoms with E-state index in [1.165, 1.54) is 23.3 Å². The number of benzene rings is 2. The van der Waals surface area contributed by atoms with Crippen molar-refractivity contribution in [1.82, 2.24) is 0 Å². The second kappa shape index (κ2) is 13.2. The number of carboxylic acids is 1. The fourth-order valence-electron chi connectivity index (χ4n) is 2.68. The topological polar surface area (TPSA) is 63.6 Å². The average Bonchev–Trinajstić information content (AvgIpc) is 2.72. The van der Waals surface area contributed by atoms with Crippen molar-refractivity contribution in [2.24, 2.45) is 0 Å². The molecule has 0 radical (unpaired) electrons. The second-order valence-electron chi connectivity index (χ2n) is 7.37. The number of esters is 1. The lowest BCUT2D eigenvalue weighted by atomic mass is 9.91. The van der Waals surface area contributed by atoms with Gasteiger partial charge in [-0.05, 0) is 53.2 Å². The standard InChI is InChI=1S/C15H20O2.C11H12O2/c1-10(2)13-6-5-12(7-8-15(16)17)14(9-13)11(3)4;1-2-13-11(12)9-8-10-6-4-3-5-7-10/h5-11H,1-4H3,(H,16,17);3-9H,2H2,1H3. The van der Waals surface area contributed by atoms with Crippen molar-refractivity contribution in [2.75, 3.05) is 6.61 Å². The zero-order valence-electron chi connectivity index (χ0n) is 18.5. The van der Waals surface area contributed by atoms with Gasteiger partial charge in [0.05, 0.1) is 6.61 Å². The molecule has 30 heavy (non-hydrogen) atoms. The van der Waals surface area contributed by atoms with Crippen LogP contribution in [0.5, 0.6) is 0 Å². The van der Waals surface area contributed by atoms with E-state index in [2.05, 4.69) is 39.8 Å². The first-order valence-electron chi connectivity index (χ1n) is 10.2. The molecule has 0 saturated carbocycles. The highest BCUT2D eigenvalue weighted by atomic mass is 16.5. The Balaban J connectivity index is 0.000000311. The monoisotopic (exact) mass is 408 g/mol. The molecule has 0 aliphatic heterocycles. The number of carbonyl (C=O) groups is 2. The van der Waals surface area contributed by atoms with Gasteiger partial charge in [-0.25, -0.2) is 9.59 Å². The van der Waals surface area contributed by atoms with E-state index in [0.29, 0.717) is 18.4 Å². The van der Waals surface area contributed by atoms with Gasteiger partial charge in [0.2, 0.25) is 0 Å². The SMILES string of the molecule is CC(C)c1ccc(C=CC(=O)O)c(C(C)C)c1.CCOC(=O)C=Cc1ccccc1. The molecular weight excluding hydrogens is 376 g/mol. The van der Waals surface area contributed by atoms with E-state index in [0.717, 1.165) is 11.1 Å². The Morgan fingerprint density at radius 1 is 0.933 bits per heavy atom. The Kier molecular flexibility index (Phi) is 10.9. The number of ether oxygens (including phenoxy) is 1. The summed E-state index contributed by atoms with van der Waals surface area (Å²) in [7, 11) is 0. The van der Waals surface area contributed by atoms with Gasteiger partial charge in [0.15, 0.2) is 0 Å². The fourth-order valence-corrected chi connectivity index (χ4v) is 2.68. The molecule has 4 nitrogen and oxygen atoms in total. The molecule has 0 heterocycles. The molecule has 0 saturated heterocycles. The lowest BCUT2D eigenvalue weighted by Gasteiger charge is -2.14. The highest BCUT2D eigenvalue weighted by Gasteiger charge is 2.08. The maximum atomic E-state index is 10.9. The van der Waals surface area contributed by atoms with Crippen molar-refractivity contribution in [3.05, 3.63) is 82.9 Å². The number of hydrogen-bond acceptors (Lipinski definition) is 3. The van der Waals surface area contributed by atoms with Gasteiger partial charge in [-0.15, -0.1) is 0 Å². The molecule has 1 N–H and O–H groups in total. The lowest BCUT2D eigenvalue weighted by Crippen LogP contribution is -1.98. The molecule has 2 aromatic rings. The number of aliphatic carboxylic acids is 1. The summed E-state index contributed by atoms with van der Waals surface area (Å²) in [6.07, 6.45) is 6.02. The Bertz CT molecular complexity index is 862. The Morgan fingerprint density at radius 2 is 1.60 bits per heavy atom. The molecular formula is C26H32O4. The van der Waals surface area contributed by atoms with Crippen LogP contribution in [0.3, 0.4) is 0 Å². The van der Waals surface area contributed by atoms with Crippen LogP contribution in [0, 0.1) is 0 Å². The van der Waals surface area contributed by atoms with Crippen molar-refractivity contribution in [3.63, 3.8) is 0 Å². The van der Waals surface area contributed by atoms with Gasteiger partial charge in [-0.1, -0.05) is 76.2 Å². The summed E-state index contributed by atoms with van der Waals surface area (Å²) >= 11 is 0. The largest absolute Gasteiger partial charge is 0.478 e. The maximum absolute atomic E-state index is 10.9. The van der Waals surface area contributed by atoms with Crippen molar-refractivity contribution < 1.29 is 19.4 Å². The van der Waals surface area contributed by atoms with Crippen LogP contribution in [-0.2, 0) is 14.3 Å². The van der Waals surface area contributed by atoms with Crippen LogP contribution in [0.1, 0.15) is 68.7 Å². The quantitative estimate of drug-likeness (QED) is 0.432. The Labute approximate surface area is 179 Å². The predicted molar refractivity (Wildman–Crippen MR) is 123 cm³/mol. The van der Waals surface area contributed by atoms with E-state index in [-0.39, 0.29) is 5.97 Å². The first-order chi connectivity index (χ1) is 14.2. The highest BCUT2D eigenvalue weighted by Crippen LogP contribution is 2.25. The molecule has 2 aromatic carbocycles. The highest BCUT2D eigenvalue weighted by molar-refractivity contribution is 5.87. The predicted octanol–water partition coefficient (Wildman–Crippen LogP) is 6.29. The average molecular weight is 409 g/mol. The number of hydrogen-bond donors (Lipinski definition) is 1. The zero-order chi connectivity index (χ0) is 22.5. The molecule has 2 rings (SSSR count). The van der Waals surface area contributed by atoms with E-state index < -0.39 is 5.97 Å². The van der Waals surface area contributed by atoms with Crippen molar-refractivity contribution in [3.8, 4) is 0 Å². The molecule has 0 aliphatic carbocycles. The molecule has 4 heteroatoms. The third kappa shape index (κ3) is 9.37. The Morgan fingerprint density at radius 3 is 2.13 bits per heavy atom. The smallest absolute Gasteiger partial charge is 0.330 e. The van der Waals surface area contributed by atoms with E-state index in [4.69, 9.17) is 9.84 Å². The number of rotatable bonds is 7. The van der Waals surface area contributed by atoms with Gasteiger partial charge < -0.3 is 9.84 Å². The lowest BCUT2D eigenvalue weighted by molar-refractivity contribution is -0.137. The van der Waals surface area contributed by atoms with Gasteiger partial charge in [0, 0.05) is 12.2 Å². The summed E-state index contributed by atoms with van der Waals surface area (Å²) in [6.45, 7) is 10.8. The van der Waals surface area contributed by atoms with Crippen LogP contribution in [0.15, 0.2) is 60.7 Å². The fraction of sp³-hybridized carbons (Fsp3) is 0.308. The molecule has 0 aliphatic rings. The van der Waals surface area contributed by atoms with Crippen LogP contribution >= 0.6 is 0 Å². The molecule has 160 valence electrons. The van der Waals surface area contributed by atoms with Crippen molar-refractivity contribution in [2.45, 2.75) is 46.5 Å². The summed E-state index contributed by atoms with van der Waals surface area (Å²) in [5.41, 5.74) is 4.48. The Hall–Kier alpha value is -3.14. The van der Waals surface area contributed by atoms with Gasteiger partial charge in [-0.3, -0.25) is 0 Å². The summed E-state index contributed by atoms with van der Waals surface area (Å²) < 4.78 is 4.74. The second-order valence-corrected chi connectivity index (χ2v) is 7.37. The van der Waals surface area contributed by atoms with E-state index in [9.17, 15) is 9.59 Å². The summed E-state index contributed by atoms with van der Waals surface area (Å²) in [6, 6.07) is 15.9. The molecule has 0 atom stereocenters. The van der Waals surface area contributed by atoms with Gasteiger partial charge >= 0.3 is 11.9 Å². The minimum absolute atomic E-state index is 0.300. The van der Waals surface area contributed by atoms with Crippen LogP contribution in [-0.4, -0.2) is 23.7 Å². The van der Waals surface area contributed by atoms with Crippen molar-refractivity contribution in [1.29, 1.82) is 0 Å². The van der Waals surface area contributed by atoms with E-state index in [1.807, 2.05) is 36.4 Å². The molecule has 0 unspecified atom stereocenters. The van der Waals surface area contributed by atoms with Crippen LogP contribution < -0.4 is 0 Å². The third-order valence-electron chi connectivity index (χ3n) is 4.30. The minimum atomic E-state index is -0.910. The number of carboxylic acid groups (broad SMARTS) is 1. The first kappa shape index (κ1) is 24.9. The molecule has 0 fully saturated rings. The normalized spacial score (nSPS) is 11.0. The first-order valence-corrected chi connectivity index (χ1v) is 10.2. The molecule has 0 bridgehead atoms. The van der Waals surface area contributed by atoms with Gasteiger partial charge in [0.1, 0.15) is 0 Å². The van der Waals surface area contributed by atoms with Crippen LogP contribution in [0.25, 0.3) is 12.2 Å². The van der Waals surface area contributed by atoms with E-state index >= 15 is 0 Å². The van der Waals surface area contributed by atoms with Gasteiger partial charge in [-0.2, -0.15) is 0 Å². The van der Waals surface area contributed by atoms with Crippen LogP contribution in [0.2, 0.25) is 0 Å². The summed E-state index contributed by atoms with van der Waals surface area (Å²) in [5, 5.41) is 8.66. The van der Waals surface area contributed by atoms with Gasteiger partial charge in [0.25, 0.3) is 0 Å². The third-order valence-corrected chi connectivity index (χ3v) is 4.30. The zero-order valence-corrected chi connectivity index (χ0v) is 18.5. The number of carbonyl (C=O) groups excluding carboxylic acids is 1. The van der Waals surface area contributed by atoms with Crippen LogP contribution in [0.4, 0.5) is 0 Å². The minimum Gasteiger partial charge on any atom is -0.478 e. The summed E-state index contributed by atoms with van der Waals surface area (Å²) in [5.74, 6) is -0.328.